The Morgan fingerprint density at radius 3 is 2.82 bits per heavy atom. The van der Waals surface area contributed by atoms with Gasteiger partial charge >= 0.3 is 0 Å². The van der Waals surface area contributed by atoms with E-state index >= 15 is 0 Å². The fraction of sp³-hybridized carbons (Fsp3) is 0.565. The zero-order valence-electron chi connectivity index (χ0n) is 17.8. The van der Waals surface area contributed by atoms with Crippen molar-refractivity contribution in [1.29, 1.82) is 0 Å². The molecule has 1 aliphatic rings. The first-order chi connectivity index (χ1) is 13.5. The van der Waals surface area contributed by atoms with Gasteiger partial charge < -0.3 is 10.1 Å². The van der Waals surface area contributed by atoms with Crippen molar-refractivity contribution < 1.29 is 9.53 Å². The zero-order chi connectivity index (χ0) is 20.4. The van der Waals surface area contributed by atoms with Crippen molar-refractivity contribution in [2.45, 2.75) is 59.4 Å². The normalized spacial score (nSPS) is 17.4. The second-order valence-electron chi connectivity index (χ2n) is 7.70. The summed E-state index contributed by atoms with van der Waals surface area (Å²) in [4.78, 5) is 19.0. The van der Waals surface area contributed by atoms with E-state index in [4.69, 9.17) is 4.74 Å². The van der Waals surface area contributed by atoms with Gasteiger partial charge in [-0.05, 0) is 71.7 Å². The maximum absolute atomic E-state index is 12.3. The molecule has 0 radical (unpaired) electrons. The highest BCUT2D eigenvalue weighted by Gasteiger charge is 2.23. The monoisotopic (exact) mass is 385 g/mol. The van der Waals surface area contributed by atoms with Crippen LogP contribution in [0, 0.1) is 0 Å². The Kier molecular flexibility index (Phi) is 9.21. The number of nitrogens with one attached hydrogen (secondary N) is 1. The minimum absolute atomic E-state index is 0.0722. The van der Waals surface area contributed by atoms with Crippen LogP contribution in [0.4, 0.5) is 0 Å². The van der Waals surface area contributed by atoms with Crippen molar-refractivity contribution in [1.82, 2.24) is 15.2 Å². The van der Waals surface area contributed by atoms with Crippen LogP contribution in [0.25, 0.3) is 0 Å². The number of pyridine rings is 1. The van der Waals surface area contributed by atoms with Gasteiger partial charge in [0.25, 0.3) is 5.91 Å². The molecule has 2 rings (SSSR count). The van der Waals surface area contributed by atoms with Crippen molar-refractivity contribution in [2.24, 2.45) is 0 Å². The molecule has 0 saturated carbocycles. The Bertz CT molecular complexity index is 676. The fourth-order valence-electron chi connectivity index (χ4n) is 3.42. The molecule has 1 saturated heterocycles. The second-order valence-corrected chi connectivity index (χ2v) is 7.70. The van der Waals surface area contributed by atoms with Crippen LogP contribution in [-0.2, 0) is 0 Å². The van der Waals surface area contributed by atoms with Gasteiger partial charge in [0.2, 0.25) is 5.88 Å². The lowest BCUT2D eigenvalue weighted by Crippen LogP contribution is -2.40. The molecule has 0 aromatic carbocycles. The lowest BCUT2D eigenvalue weighted by atomic mass is 10.1. The second kappa shape index (κ2) is 11.6. The van der Waals surface area contributed by atoms with E-state index in [1.165, 1.54) is 17.6 Å². The predicted molar refractivity (Wildman–Crippen MR) is 115 cm³/mol. The molecule has 154 valence electrons. The summed E-state index contributed by atoms with van der Waals surface area (Å²) in [7, 11) is 0. The number of likely N-dealkylation sites (tertiary alicyclic amines) is 1. The van der Waals surface area contributed by atoms with Gasteiger partial charge in [-0.1, -0.05) is 24.1 Å². The van der Waals surface area contributed by atoms with Crippen molar-refractivity contribution >= 4 is 5.91 Å². The summed E-state index contributed by atoms with van der Waals surface area (Å²) in [5.41, 5.74) is 3.23. The van der Waals surface area contributed by atoms with Crippen molar-refractivity contribution in [3.63, 3.8) is 0 Å². The molecule has 1 N–H and O–H groups in total. The number of hydrogen-bond acceptors (Lipinski definition) is 4. The van der Waals surface area contributed by atoms with Gasteiger partial charge in [-0.25, -0.2) is 4.98 Å². The Morgan fingerprint density at radius 2 is 2.14 bits per heavy atom. The van der Waals surface area contributed by atoms with Crippen LogP contribution in [0.5, 0.6) is 5.88 Å². The average Bonchev–Trinajstić information content (AvgIpc) is 3.14. The number of nitrogens with zero attached hydrogens (tertiary/aromatic N) is 2. The molecule has 5 nitrogen and oxygen atoms in total. The minimum Gasteiger partial charge on any atom is -0.473 e. The van der Waals surface area contributed by atoms with Gasteiger partial charge in [-0.2, -0.15) is 0 Å². The third kappa shape index (κ3) is 7.47. The number of amides is 1. The lowest BCUT2D eigenvalue weighted by Gasteiger charge is -2.22. The van der Waals surface area contributed by atoms with Crippen LogP contribution in [0.2, 0.25) is 0 Å². The fourth-order valence-corrected chi connectivity index (χ4v) is 3.42. The molecule has 1 fully saturated rings. The van der Waals surface area contributed by atoms with Gasteiger partial charge in [0.1, 0.15) is 6.61 Å². The van der Waals surface area contributed by atoms with E-state index in [0.717, 1.165) is 32.4 Å². The van der Waals surface area contributed by atoms with Gasteiger partial charge in [-0.3, -0.25) is 9.69 Å². The van der Waals surface area contributed by atoms with Gasteiger partial charge in [-0.15, -0.1) is 0 Å². The smallest absolute Gasteiger partial charge is 0.252 e. The highest BCUT2D eigenvalue weighted by atomic mass is 16.5. The van der Waals surface area contributed by atoms with E-state index in [1.807, 2.05) is 0 Å². The molecule has 1 amide bonds. The molecule has 2 heterocycles. The molecule has 0 aliphatic carbocycles. The van der Waals surface area contributed by atoms with E-state index in [9.17, 15) is 4.79 Å². The lowest BCUT2D eigenvalue weighted by molar-refractivity contribution is 0.0941. The maximum atomic E-state index is 12.3. The van der Waals surface area contributed by atoms with Crippen LogP contribution < -0.4 is 10.1 Å². The highest BCUT2D eigenvalue weighted by Crippen LogP contribution is 2.16. The van der Waals surface area contributed by atoms with E-state index in [2.05, 4.69) is 55.0 Å². The number of hydrogen-bond donors (Lipinski definition) is 1. The first kappa shape index (κ1) is 22.2. The maximum Gasteiger partial charge on any atom is 0.252 e. The molecule has 0 bridgehead atoms. The summed E-state index contributed by atoms with van der Waals surface area (Å²) in [6.45, 7) is 11.9. The molecule has 28 heavy (non-hydrogen) atoms. The first-order valence-corrected chi connectivity index (χ1v) is 10.4. The largest absolute Gasteiger partial charge is 0.473 e. The molecule has 1 aliphatic heterocycles. The quantitative estimate of drug-likeness (QED) is 0.608. The molecule has 1 atom stereocenters. The molecule has 1 aromatic rings. The van der Waals surface area contributed by atoms with Crippen LogP contribution >= 0.6 is 0 Å². The first-order valence-electron chi connectivity index (χ1n) is 10.4. The van der Waals surface area contributed by atoms with Crippen LogP contribution in [-0.4, -0.2) is 48.1 Å². The van der Waals surface area contributed by atoms with Crippen LogP contribution in [0.3, 0.4) is 0 Å². The van der Waals surface area contributed by atoms with E-state index in [-0.39, 0.29) is 5.91 Å². The van der Waals surface area contributed by atoms with Crippen molar-refractivity contribution in [2.75, 3.05) is 26.2 Å². The van der Waals surface area contributed by atoms with Gasteiger partial charge in [0.15, 0.2) is 0 Å². The summed E-state index contributed by atoms with van der Waals surface area (Å²) in [5.74, 6) is 0.467. The number of likely N-dealkylation sites (N-methyl/N-ethyl adjacent to an activating group) is 1. The molecule has 1 unspecified atom stereocenters. The average molecular weight is 386 g/mol. The van der Waals surface area contributed by atoms with Gasteiger partial charge in [0, 0.05) is 24.8 Å². The van der Waals surface area contributed by atoms with Crippen LogP contribution in [0.1, 0.15) is 63.7 Å². The van der Waals surface area contributed by atoms with Crippen LogP contribution in [0.15, 0.2) is 41.6 Å². The summed E-state index contributed by atoms with van der Waals surface area (Å²) >= 11 is 0. The number of aromatic nitrogens is 1. The van der Waals surface area contributed by atoms with Crippen molar-refractivity contribution in [3.8, 4) is 5.88 Å². The zero-order valence-corrected chi connectivity index (χ0v) is 17.8. The molecule has 1 aromatic heterocycles. The Balaban J connectivity index is 1.74. The third-order valence-electron chi connectivity index (χ3n) is 5.16. The molecule has 5 heteroatoms. The number of rotatable bonds is 10. The topological polar surface area (TPSA) is 54.5 Å². The number of allylic oxidation sites excluding steroid dienone is 3. The van der Waals surface area contributed by atoms with E-state index in [0.29, 0.717) is 30.6 Å². The van der Waals surface area contributed by atoms with Gasteiger partial charge in [0.05, 0.1) is 5.56 Å². The molecule has 0 spiro atoms. The summed E-state index contributed by atoms with van der Waals surface area (Å²) in [6.07, 6.45) is 10.4. The molecular weight excluding hydrogens is 350 g/mol. The number of ether oxygens (including phenoxy) is 1. The third-order valence-corrected chi connectivity index (χ3v) is 5.16. The molecular formula is C23H35N3O2. The summed E-state index contributed by atoms with van der Waals surface area (Å²) < 4.78 is 5.67. The van der Waals surface area contributed by atoms with Crippen molar-refractivity contribution in [3.05, 3.63) is 47.2 Å². The summed E-state index contributed by atoms with van der Waals surface area (Å²) in [6, 6.07) is 3.99. The van der Waals surface area contributed by atoms with E-state index < -0.39 is 0 Å². The standard InChI is InChI=1S/C23H35N3O2/c1-5-26-14-7-10-21(26)17-25-23(27)20-11-12-22(24-16-20)28-15-13-19(4)9-6-8-18(2)3/h8,11-13,16,21H,5-7,9-10,14-15,17H2,1-4H3,(H,25,27). The highest BCUT2D eigenvalue weighted by molar-refractivity contribution is 5.93. The predicted octanol–water partition coefficient (Wildman–Crippen LogP) is 4.37. The SMILES string of the molecule is CCN1CCCC1CNC(=O)c1ccc(OCC=C(C)CCC=C(C)C)nc1. The number of carbonyl (C=O) groups excluding carboxylic acids is 1. The summed E-state index contributed by atoms with van der Waals surface area (Å²) in [5, 5.41) is 3.03. The Labute approximate surface area is 169 Å². The number of carbonyl (C=O) groups is 1. The van der Waals surface area contributed by atoms with E-state index in [1.54, 1.807) is 18.3 Å². The minimum atomic E-state index is -0.0722. The Morgan fingerprint density at radius 1 is 1.32 bits per heavy atom. The Hall–Kier alpha value is -2.14.